The molecule has 0 fully saturated rings. The number of phenolic OH excluding ortho intramolecular Hbond substituents is 1. The number of rotatable bonds is 2. The van der Waals surface area contributed by atoms with E-state index < -0.39 is 5.82 Å². The number of nitrogens with zero attached hydrogens (tertiary/aromatic N) is 2. The lowest BCUT2D eigenvalue weighted by molar-refractivity contribution is 0.381. The molecule has 1 N–H and O–H groups in total. The first-order chi connectivity index (χ1) is 7.68. The van der Waals surface area contributed by atoms with Gasteiger partial charge >= 0.3 is 0 Å². The topological polar surface area (TPSA) is 55.2 Å². The van der Waals surface area contributed by atoms with Gasteiger partial charge in [0.15, 0.2) is 11.5 Å². The fourth-order valence-corrected chi connectivity index (χ4v) is 1.15. The average Bonchev–Trinajstić information content (AvgIpc) is 2.28. The van der Waals surface area contributed by atoms with E-state index in [9.17, 15) is 9.50 Å². The van der Waals surface area contributed by atoms with Crippen LogP contribution in [0.3, 0.4) is 0 Å². The van der Waals surface area contributed by atoms with Crippen LogP contribution < -0.4 is 4.74 Å². The Morgan fingerprint density at radius 1 is 1.25 bits per heavy atom. The third-order valence-corrected chi connectivity index (χ3v) is 2.00. The summed E-state index contributed by atoms with van der Waals surface area (Å²) in [5.74, 6) is -0.752. The number of benzene rings is 1. The Labute approximate surface area is 91.4 Å². The van der Waals surface area contributed by atoms with Gasteiger partial charge in [0.05, 0.1) is 5.69 Å². The number of hydrogen-bond acceptors (Lipinski definition) is 4. The maximum Gasteiger partial charge on any atom is 0.259 e. The quantitative estimate of drug-likeness (QED) is 0.844. The van der Waals surface area contributed by atoms with E-state index in [4.69, 9.17) is 4.74 Å². The Morgan fingerprint density at radius 3 is 2.75 bits per heavy atom. The molecule has 82 valence electrons. The van der Waals surface area contributed by atoms with Crippen LogP contribution in [0.5, 0.6) is 17.4 Å². The molecule has 0 aliphatic carbocycles. The van der Waals surface area contributed by atoms with Gasteiger partial charge in [0.25, 0.3) is 5.88 Å². The van der Waals surface area contributed by atoms with Gasteiger partial charge in [0.1, 0.15) is 6.33 Å². The summed E-state index contributed by atoms with van der Waals surface area (Å²) in [4.78, 5) is 7.33. The number of aromatic hydroxyl groups is 1. The zero-order valence-corrected chi connectivity index (χ0v) is 8.51. The number of phenols is 1. The lowest BCUT2D eigenvalue weighted by Gasteiger charge is -2.07. The van der Waals surface area contributed by atoms with Crippen molar-refractivity contribution in [2.45, 2.75) is 6.92 Å². The van der Waals surface area contributed by atoms with Crippen molar-refractivity contribution in [3.63, 3.8) is 0 Å². The lowest BCUT2D eigenvalue weighted by Crippen LogP contribution is -1.96. The number of halogens is 1. The predicted octanol–water partition coefficient (Wildman–Crippen LogP) is 2.42. The molecule has 0 amide bonds. The molecule has 5 heteroatoms. The largest absolute Gasteiger partial charge is 0.504 e. The molecule has 2 aromatic rings. The second-order valence-electron chi connectivity index (χ2n) is 3.15. The molecule has 4 nitrogen and oxygen atoms in total. The van der Waals surface area contributed by atoms with Crippen molar-refractivity contribution in [2.75, 3.05) is 0 Å². The van der Waals surface area contributed by atoms with E-state index >= 15 is 0 Å². The summed E-state index contributed by atoms with van der Waals surface area (Å²) in [6, 6.07) is 6.28. The predicted molar refractivity (Wildman–Crippen MR) is 54.9 cm³/mol. The molecule has 0 aliphatic rings. The summed E-state index contributed by atoms with van der Waals surface area (Å²) in [5, 5.41) is 9.44. The zero-order chi connectivity index (χ0) is 11.5. The van der Waals surface area contributed by atoms with E-state index in [2.05, 4.69) is 9.97 Å². The molecule has 0 unspecified atom stereocenters. The molecule has 0 atom stereocenters. The van der Waals surface area contributed by atoms with Gasteiger partial charge in [-0.1, -0.05) is 12.1 Å². The van der Waals surface area contributed by atoms with Crippen LogP contribution in [0, 0.1) is 12.7 Å². The maximum absolute atomic E-state index is 13.5. The van der Waals surface area contributed by atoms with Crippen LogP contribution in [-0.2, 0) is 0 Å². The molecule has 1 heterocycles. The third-order valence-electron chi connectivity index (χ3n) is 2.00. The molecule has 0 radical (unpaired) electrons. The molecule has 16 heavy (non-hydrogen) atoms. The highest BCUT2D eigenvalue weighted by Gasteiger charge is 2.11. The molecule has 1 aromatic heterocycles. The fraction of sp³-hybridized carbons (Fsp3) is 0.0909. The van der Waals surface area contributed by atoms with E-state index in [0.29, 0.717) is 0 Å². The van der Waals surface area contributed by atoms with E-state index in [-0.39, 0.29) is 23.1 Å². The van der Waals surface area contributed by atoms with Crippen LogP contribution in [-0.4, -0.2) is 15.1 Å². The lowest BCUT2D eigenvalue weighted by atomic mass is 10.3. The maximum atomic E-state index is 13.5. The van der Waals surface area contributed by atoms with Crippen molar-refractivity contribution in [2.24, 2.45) is 0 Å². The van der Waals surface area contributed by atoms with E-state index in [0.717, 1.165) is 0 Å². The highest BCUT2D eigenvalue weighted by molar-refractivity contribution is 5.40. The minimum Gasteiger partial charge on any atom is -0.504 e. The Bertz CT molecular complexity index is 517. The van der Waals surface area contributed by atoms with E-state index in [1.54, 1.807) is 12.1 Å². The number of ether oxygens (including phenoxy) is 1. The van der Waals surface area contributed by atoms with Gasteiger partial charge in [-0.05, 0) is 19.1 Å². The SMILES string of the molecule is Cc1ncnc(Oc2ccccc2O)c1F. The van der Waals surface area contributed by atoms with Crippen LogP contribution in [0.25, 0.3) is 0 Å². The Balaban J connectivity index is 2.35. The normalized spacial score (nSPS) is 10.1. The van der Waals surface area contributed by atoms with Crippen molar-refractivity contribution in [3.05, 3.63) is 42.1 Å². The molecule has 0 saturated heterocycles. The summed E-state index contributed by atoms with van der Waals surface area (Å²) in [6.07, 6.45) is 1.20. The van der Waals surface area contributed by atoms with E-state index in [1.165, 1.54) is 25.4 Å². The summed E-state index contributed by atoms with van der Waals surface area (Å²) in [5.41, 5.74) is 0.195. The summed E-state index contributed by atoms with van der Waals surface area (Å²) < 4.78 is 18.6. The van der Waals surface area contributed by atoms with Gasteiger partial charge in [-0.3, -0.25) is 0 Å². The molecule has 0 aliphatic heterocycles. The first kappa shape index (κ1) is 10.4. The smallest absolute Gasteiger partial charge is 0.259 e. The molecule has 0 spiro atoms. The molecule has 2 rings (SSSR count). The van der Waals surface area contributed by atoms with Crippen LogP contribution >= 0.6 is 0 Å². The van der Waals surface area contributed by atoms with Crippen molar-refractivity contribution < 1.29 is 14.2 Å². The van der Waals surface area contributed by atoms with Gasteiger partial charge in [-0.2, -0.15) is 9.37 Å². The molecule has 0 saturated carbocycles. The van der Waals surface area contributed by atoms with Gasteiger partial charge in [0.2, 0.25) is 5.82 Å². The second kappa shape index (κ2) is 4.14. The Kier molecular flexibility index (Phi) is 2.68. The highest BCUT2D eigenvalue weighted by atomic mass is 19.1. The van der Waals surface area contributed by atoms with Gasteiger partial charge in [-0.15, -0.1) is 0 Å². The minimum absolute atomic E-state index is 0.0711. The fourth-order valence-electron chi connectivity index (χ4n) is 1.15. The first-order valence-corrected chi connectivity index (χ1v) is 4.61. The average molecular weight is 220 g/mol. The van der Waals surface area contributed by atoms with Crippen LogP contribution in [0.2, 0.25) is 0 Å². The van der Waals surface area contributed by atoms with Crippen molar-refractivity contribution >= 4 is 0 Å². The minimum atomic E-state index is -0.634. The van der Waals surface area contributed by atoms with E-state index in [1.807, 2.05) is 0 Å². The van der Waals surface area contributed by atoms with Gasteiger partial charge in [0, 0.05) is 0 Å². The summed E-state index contributed by atoms with van der Waals surface area (Å²) in [7, 11) is 0. The van der Waals surface area contributed by atoms with Crippen LogP contribution in [0.1, 0.15) is 5.69 Å². The number of para-hydroxylation sites is 2. The standard InChI is InChI=1S/C11H9FN2O2/c1-7-10(12)11(14-6-13-7)16-9-5-3-2-4-8(9)15/h2-6,15H,1H3. The number of hydrogen-bond donors (Lipinski definition) is 1. The van der Waals surface area contributed by atoms with Gasteiger partial charge < -0.3 is 9.84 Å². The number of aryl methyl sites for hydroxylation is 1. The summed E-state index contributed by atoms with van der Waals surface area (Å²) >= 11 is 0. The highest BCUT2D eigenvalue weighted by Crippen LogP contribution is 2.30. The summed E-state index contributed by atoms with van der Waals surface area (Å²) in [6.45, 7) is 1.51. The second-order valence-corrected chi connectivity index (χ2v) is 3.15. The molecular formula is C11H9FN2O2. The monoisotopic (exact) mass is 220 g/mol. The zero-order valence-electron chi connectivity index (χ0n) is 8.51. The van der Waals surface area contributed by atoms with Crippen LogP contribution in [0.4, 0.5) is 4.39 Å². The first-order valence-electron chi connectivity index (χ1n) is 4.61. The molecule has 1 aromatic carbocycles. The van der Waals surface area contributed by atoms with Crippen molar-refractivity contribution in [1.82, 2.24) is 9.97 Å². The van der Waals surface area contributed by atoms with Crippen LogP contribution in [0.15, 0.2) is 30.6 Å². The van der Waals surface area contributed by atoms with Crippen molar-refractivity contribution in [3.8, 4) is 17.4 Å². The Morgan fingerprint density at radius 2 is 2.00 bits per heavy atom. The van der Waals surface area contributed by atoms with Crippen molar-refractivity contribution in [1.29, 1.82) is 0 Å². The molecular weight excluding hydrogens is 211 g/mol. The molecule has 0 bridgehead atoms. The van der Waals surface area contributed by atoms with Gasteiger partial charge in [-0.25, -0.2) is 4.98 Å². The Hall–Kier alpha value is -2.17. The number of aromatic nitrogens is 2. The third kappa shape index (κ3) is 1.93.